The molecule has 0 N–H and O–H groups in total. The number of fused-ring (bicyclic) bond motifs is 1. The first-order valence-corrected chi connectivity index (χ1v) is 5.61. The summed E-state index contributed by atoms with van der Waals surface area (Å²) in [5, 5.41) is 2.23. The summed E-state index contributed by atoms with van der Waals surface area (Å²) in [6.07, 6.45) is 0. The fraction of sp³-hybridized carbons (Fsp3) is 0.133. The SMILES string of the molecule is C=C(C)C(=O)OCOc1ccc2ccccc2c1. The van der Waals surface area contributed by atoms with Gasteiger partial charge in [0.15, 0.2) is 0 Å². The normalized spacial score (nSPS) is 10.1. The molecule has 0 saturated heterocycles. The molecule has 0 fully saturated rings. The van der Waals surface area contributed by atoms with Crippen molar-refractivity contribution >= 4 is 16.7 Å². The van der Waals surface area contributed by atoms with E-state index in [0.29, 0.717) is 11.3 Å². The van der Waals surface area contributed by atoms with E-state index in [1.54, 1.807) is 6.92 Å². The summed E-state index contributed by atoms with van der Waals surface area (Å²) in [4.78, 5) is 11.1. The lowest BCUT2D eigenvalue weighted by Crippen LogP contribution is -2.10. The van der Waals surface area contributed by atoms with Crippen molar-refractivity contribution in [3.63, 3.8) is 0 Å². The molecule has 0 heterocycles. The van der Waals surface area contributed by atoms with Gasteiger partial charge in [-0.2, -0.15) is 0 Å². The highest BCUT2D eigenvalue weighted by Crippen LogP contribution is 2.20. The zero-order valence-electron chi connectivity index (χ0n) is 10.2. The molecule has 0 aliphatic carbocycles. The summed E-state index contributed by atoms with van der Waals surface area (Å²) >= 11 is 0. The second kappa shape index (κ2) is 5.36. The number of carbonyl (C=O) groups is 1. The molecule has 0 saturated carbocycles. The first-order chi connectivity index (χ1) is 8.66. The Balaban J connectivity index is 2.00. The van der Waals surface area contributed by atoms with Gasteiger partial charge in [0, 0.05) is 5.57 Å². The first-order valence-electron chi connectivity index (χ1n) is 5.61. The van der Waals surface area contributed by atoms with E-state index >= 15 is 0 Å². The largest absolute Gasteiger partial charge is 0.457 e. The summed E-state index contributed by atoms with van der Waals surface area (Å²) in [7, 11) is 0. The van der Waals surface area contributed by atoms with E-state index in [1.165, 1.54) is 0 Å². The first kappa shape index (κ1) is 12.2. The fourth-order valence-electron chi connectivity index (χ4n) is 1.53. The van der Waals surface area contributed by atoms with Gasteiger partial charge in [-0.3, -0.25) is 0 Å². The van der Waals surface area contributed by atoms with Crippen LogP contribution in [0.15, 0.2) is 54.6 Å². The van der Waals surface area contributed by atoms with E-state index < -0.39 is 5.97 Å². The van der Waals surface area contributed by atoms with Gasteiger partial charge in [-0.15, -0.1) is 0 Å². The zero-order valence-corrected chi connectivity index (χ0v) is 10.2. The van der Waals surface area contributed by atoms with Gasteiger partial charge >= 0.3 is 5.97 Å². The molecule has 0 radical (unpaired) electrons. The number of rotatable bonds is 4. The molecule has 0 atom stereocenters. The van der Waals surface area contributed by atoms with Gasteiger partial charge in [0.2, 0.25) is 6.79 Å². The van der Waals surface area contributed by atoms with Crippen molar-refractivity contribution in [2.45, 2.75) is 6.92 Å². The van der Waals surface area contributed by atoms with Crippen LogP contribution < -0.4 is 4.74 Å². The van der Waals surface area contributed by atoms with E-state index in [2.05, 4.69) is 6.58 Å². The molecule has 0 aliphatic heterocycles. The van der Waals surface area contributed by atoms with Crippen molar-refractivity contribution in [3.8, 4) is 5.75 Å². The summed E-state index contributed by atoms with van der Waals surface area (Å²) in [6.45, 7) is 4.98. The van der Waals surface area contributed by atoms with Gasteiger partial charge in [-0.25, -0.2) is 4.79 Å². The predicted octanol–water partition coefficient (Wildman–Crippen LogP) is 3.30. The summed E-state index contributed by atoms with van der Waals surface area (Å²) in [5.74, 6) is 0.221. The van der Waals surface area contributed by atoms with Crippen LogP contribution in [0.1, 0.15) is 6.92 Å². The number of benzene rings is 2. The standard InChI is InChI=1S/C15H14O3/c1-11(2)15(16)18-10-17-14-8-7-12-5-3-4-6-13(12)9-14/h3-9H,1,10H2,2H3. The number of esters is 1. The van der Waals surface area contributed by atoms with Crippen molar-refractivity contribution in [2.24, 2.45) is 0 Å². The summed E-state index contributed by atoms with van der Waals surface area (Å²) in [6, 6.07) is 13.7. The van der Waals surface area contributed by atoms with Crippen LogP contribution in [0.3, 0.4) is 0 Å². The third-order valence-corrected chi connectivity index (χ3v) is 2.49. The Kier molecular flexibility index (Phi) is 3.63. The van der Waals surface area contributed by atoms with Crippen molar-refractivity contribution < 1.29 is 14.3 Å². The molecule has 2 aromatic carbocycles. The predicted molar refractivity (Wildman–Crippen MR) is 70.3 cm³/mol. The smallest absolute Gasteiger partial charge is 0.335 e. The van der Waals surface area contributed by atoms with E-state index in [4.69, 9.17) is 9.47 Å². The van der Waals surface area contributed by atoms with Crippen LogP contribution in [-0.2, 0) is 9.53 Å². The summed E-state index contributed by atoms with van der Waals surface area (Å²) < 4.78 is 10.2. The van der Waals surface area contributed by atoms with Crippen LogP contribution in [-0.4, -0.2) is 12.8 Å². The van der Waals surface area contributed by atoms with Gasteiger partial charge in [0.05, 0.1) is 0 Å². The molecular formula is C15H14O3. The van der Waals surface area contributed by atoms with Crippen molar-refractivity contribution in [1.29, 1.82) is 0 Å². The Morgan fingerprint density at radius 2 is 1.89 bits per heavy atom. The molecule has 18 heavy (non-hydrogen) atoms. The molecule has 92 valence electrons. The highest BCUT2D eigenvalue weighted by molar-refractivity contribution is 5.87. The Hall–Kier alpha value is -2.29. The third-order valence-electron chi connectivity index (χ3n) is 2.49. The zero-order chi connectivity index (χ0) is 13.0. The van der Waals surface area contributed by atoms with Crippen LogP contribution >= 0.6 is 0 Å². The molecule has 3 nitrogen and oxygen atoms in total. The average Bonchev–Trinajstić information content (AvgIpc) is 2.38. The van der Waals surface area contributed by atoms with Crippen molar-refractivity contribution in [3.05, 3.63) is 54.6 Å². The molecule has 3 heteroatoms. The molecule has 0 aliphatic rings. The minimum Gasteiger partial charge on any atom is -0.457 e. The molecule has 2 aromatic rings. The molecule has 0 aromatic heterocycles. The molecular weight excluding hydrogens is 228 g/mol. The second-order valence-corrected chi connectivity index (χ2v) is 3.98. The number of ether oxygens (including phenoxy) is 2. The van der Waals surface area contributed by atoms with Crippen LogP contribution in [0, 0.1) is 0 Å². The fourth-order valence-corrected chi connectivity index (χ4v) is 1.53. The van der Waals surface area contributed by atoms with E-state index in [9.17, 15) is 4.79 Å². The molecule has 2 rings (SSSR count). The quantitative estimate of drug-likeness (QED) is 0.469. The lowest BCUT2D eigenvalue weighted by molar-refractivity contribution is -0.145. The Morgan fingerprint density at radius 3 is 2.61 bits per heavy atom. The maximum absolute atomic E-state index is 11.1. The van der Waals surface area contributed by atoms with Gasteiger partial charge in [-0.05, 0) is 29.8 Å². The molecule has 0 bridgehead atoms. The molecule has 0 spiro atoms. The van der Waals surface area contributed by atoms with Crippen molar-refractivity contribution in [1.82, 2.24) is 0 Å². The van der Waals surface area contributed by atoms with Gasteiger partial charge < -0.3 is 9.47 Å². The number of hydrogen-bond acceptors (Lipinski definition) is 3. The third kappa shape index (κ3) is 2.88. The maximum Gasteiger partial charge on any atom is 0.335 e. The van der Waals surface area contributed by atoms with Crippen LogP contribution in [0.5, 0.6) is 5.75 Å². The number of carbonyl (C=O) groups excluding carboxylic acids is 1. The minimum absolute atomic E-state index is 0.107. The lowest BCUT2D eigenvalue weighted by Gasteiger charge is -2.08. The topological polar surface area (TPSA) is 35.5 Å². The van der Waals surface area contributed by atoms with E-state index in [-0.39, 0.29) is 6.79 Å². The van der Waals surface area contributed by atoms with E-state index in [1.807, 2.05) is 42.5 Å². The Morgan fingerprint density at radius 1 is 1.17 bits per heavy atom. The van der Waals surface area contributed by atoms with E-state index in [0.717, 1.165) is 10.8 Å². The van der Waals surface area contributed by atoms with Crippen LogP contribution in [0.4, 0.5) is 0 Å². The lowest BCUT2D eigenvalue weighted by atomic mass is 10.1. The Labute approximate surface area is 106 Å². The minimum atomic E-state index is -0.448. The van der Waals surface area contributed by atoms with Crippen LogP contribution in [0.2, 0.25) is 0 Å². The van der Waals surface area contributed by atoms with Gasteiger partial charge in [-0.1, -0.05) is 36.9 Å². The number of hydrogen-bond donors (Lipinski definition) is 0. The highest BCUT2D eigenvalue weighted by Gasteiger charge is 2.03. The summed E-state index contributed by atoms with van der Waals surface area (Å²) in [5.41, 5.74) is 0.358. The van der Waals surface area contributed by atoms with Crippen LogP contribution in [0.25, 0.3) is 10.8 Å². The Bertz CT molecular complexity index is 587. The molecule has 0 unspecified atom stereocenters. The van der Waals surface area contributed by atoms with Gasteiger partial charge in [0.25, 0.3) is 0 Å². The average molecular weight is 242 g/mol. The monoisotopic (exact) mass is 242 g/mol. The van der Waals surface area contributed by atoms with Gasteiger partial charge in [0.1, 0.15) is 5.75 Å². The van der Waals surface area contributed by atoms with Crippen molar-refractivity contribution in [2.75, 3.05) is 6.79 Å². The second-order valence-electron chi connectivity index (χ2n) is 3.98. The highest BCUT2D eigenvalue weighted by atomic mass is 16.7. The molecule has 0 amide bonds. The maximum atomic E-state index is 11.1.